The normalized spacial score (nSPS) is 23.3. The second kappa shape index (κ2) is 10.5. The van der Waals surface area contributed by atoms with E-state index < -0.39 is 73.5 Å². The van der Waals surface area contributed by atoms with Crippen molar-refractivity contribution in [2.75, 3.05) is 6.61 Å². The molecule has 37 heavy (non-hydrogen) atoms. The van der Waals surface area contributed by atoms with Gasteiger partial charge in [-0.25, -0.2) is 4.79 Å². The van der Waals surface area contributed by atoms with E-state index in [4.69, 9.17) is 0 Å². The number of hydrogen-bond donors (Lipinski definition) is 1. The van der Waals surface area contributed by atoms with Crippen LogP contribution in [-0.4, -0.2) is 60.0 Å². The molecule has 0 radical (unpaired) electrons. The first-order valence-corrected chi connectivity index (χ1v) is 10.2. The van der Waals surface area contributed by atoms with Crippen LogP contribution in [0.5, 0.6) is 5.75 Å². The predicted molar refractivity (Wildman–Crippen MR) is 108 cm³/mol. The summed E-state index contributed by atoms with van der Waals surface area (Å²) in [6.45, 7) is 5.40. The molecule has 0 aliphatic carbocycles. The topological polar surface area (TPSA) is 74.2 Å². The van der Waals surface area contributed by atoms with Gasteiger partial charge in [0, 0.05) is 18.4 Å². The summed E-state index contributed by atoms with van der Waals surface area (Å²) < 4.78 is 141. The molecule has 1 fully saturated rings. The zero-order chi connectivity index (χ0) is 28.4. The maximum absolute atomic E-state index is 13.9. The highest BCUT2D eigenvalue weighted by atomic mass is 19.4. The monoisotopic (exact) mass is 552 g/mol. The number of esters is 1. The lowest BCUT2D eigenvalue weighted by molar-refractivity contribution is -0.466. The number of carbonyl (C=O) groups excluding carboxylic acids is 1. The first-order chi connectivity index (χ1) is 16.7. The Morgan fingerprint density at radius 1 is 1.11 bits per heavy atom. The van der Waals surface area contributed by atoms with E-state index in [2.05, 4.69) is 32.1 Å². The molecule has 1 heterocycles. The number of aliphatic hydroxyl groups is 1. The Labute approximate surface area is 204 Å². The summed E-state index contributed by atoms with van der Waals surface area (Å²) in [4.78, 5) is 11.7. The van der Waals surface area contributed by atoms with Gasteiger partial charge in [-0.15, -0.1) is 0 Å². The first kappa shape index (κ1) is 30.4. The molecule has 0 amide bonds. The molecule has 3 atom stereocenters. The SMILES string of the molecule is C=Cc1ccc(OCC(OC2CC(OC(=O)C(=C)C)CC(O)(C(F)(F)F)O2)(C(F)(F)F)C(F)(F)F)cc1. The van der Waals surface area contributed by atoms with Crippen LogP contribution < -0.4 is 4.74 Å². The van der Waals surface area contributed by atoms with Crippen LogP contribution in [0.1, 0.15) is 25.3 Å². The number of rotatable bonds is 8. The fourth-order valence-corrected chi connectivity index (χ4v) is 3.12. The van der Waals surface area contributed by atoms with Crippen LogP contribution in [-0.2, 0) is 19.0 Å². The highest BCUT2D eigenvalue weighted by molar-refractivity contribution is 5.87. The Balaban J connectivity index is 2.46. The van der Waals surface area contributed by atoms with Crippen LogP contribution in [0.3, 0.4) is 0 Å². The number of benzene rings is 1. The molecule has 2 rings (SSSR count). The van der Waals surface area contributed by atoms with Crippen molar-refractivity contribution in [2.45, 2.75) is 62.1 Å². The minimum atomic E-state index is -6.30. The van der Waals surface area contributed by atoms with Gasteiger partial charge < -0.3 is 24.1 Å². The summed E-state index contributed by atoms with van der Waals surface area (Å²) in [6, 6.07) is 4.59. The van der Waals surface area contributed by atoms with E-state index in [1.807, 2.05) is 0 Å². The number of ether oxygens (including phenoxy) is 4. The Hall–Kier alpha value is -2.78. The number of hydrogen-bond acceptors (Lipinski definition) is 6. The molecule has 0 spiro atoms. The van der Waals surface area contributed by atoms with Gasteiger partial charge in [0.1, 0.15) is 18.5 Å². The van der Waals surface area contributed by atoms with Gasteiger partial charge in [-0.3, -0.25) is 0 Å². The first-order valence-electron chi connectivity index (χ1n) is 10.2. The average molecular weight is 552 g/mol. The van der Waals surface area contributed by atoms with Crippen molar-refractivity contribution in [1.82, 2.24) is 0 Å². The van der Waals surface area contributed by atoms with Crippen LogP contribution in [0.2, 0.25) is 0 Å². The van der Waals surface area contributed by atoms with Crippen LogP contribution in [0, 0.1) is 0 Å². The molecule has 1 aromatic carbocycles. The molecular weight excluding hydrogens is 531 g/mol. The Morgan fingerprint density at radius 3 is 2.08 bits per heavy atom. The highest BCUT2D eigenvalue weighted by Crippen LogP contribution is 2.49. The molecule has 1 aliphatic heterocycles. The molecule has 0 bridgehead atoms. The van der Waals surface area contributed by atoms with E-state index in [0.29, 0.717) is 5.56 Å². The van der Waals surface area contributed by atoms with Gasteiger partial charge in [0.05, 0.1) is 0 Å². The lowest BCUT2D eigenvalue weighted by atomic mass is 9.99. The fourth-order valence-electron chi connectivity index (χ4n) is 3.12. The van der Waals surface area contributed by atoms with E-state index in [1.165, 1.54) is 18.2 Å². The third-order valence-electron chi connectivity index (χ3n) is 5.16. The summed E-state index contributed by atoms with van der Waals surface area (Å²) in [5, 5.41) is 9.92. The molecule has 1 aliphatic rings. The minimum Gasteiger partial charge on any atom is -0.490 e. The lowest BCUT2D eigenvalue weighted by Crippen LogP contribution is -2.66. The largest absolute Gasteiger partial charge is 0.490 e. The zero-order valence-corrected chi connectivity index (χ0v) is 19.0. The van der Waals surface area contributed by atoms with Gasteiger partial charge in [0.2, 0.25) is 0 Å². The van der Waals surface area contributed by atoms with Crippen molar-refractivity contribution < 1.29 is 68.4 Å². The molecular formula is C22H21F9O6. The number of halogens is 9. The summed E-state index contributed by atoms with van der Waals surface area (Å²) in [5.41, 5.74) is -5.09. The van der Waals surface area contributed by atoms with Crippen LogP contribution in [0.25, 0.3) is 6.08 Å². The van der Waals surface area contributed by atoms with E-state index in [1.54, 1.807) is 0 Å². The summed E-state index contributed by atoms with van der Waals surface area (Å²) >= 11 is 0. The minimum absolute atomic E-state index is 0.338. The highest BCUT2D eigenvalue weighted by Gasteiger charge is 2.75. The van der Waals surface area contributed by atoms with Crippen molar-refractivity contribution in [3.05, 3.63) is 48.6 Å². The van der Waals surface area contributed by atoms with Crippen molar-refractivity contribution in [2.24, 2.45) is 0 Å². The smallest absolute Gasteiger partial charge is 0.443 e. The quantitative estimate of drug-likeness (QED) is 0.262. The second-order valence-electron chi connectivity index (χ2n) is 8.08. The molecule has 15 heteroatoms. The summed E-state index contributed by atoms with van der Waals surface area (Å²) in [6.07, 6.45) is -24.8. The predicted octanol–water partition coefficient (Wildman–Crippen LogP) is 5.46. The van der Waals surface area contributed by atoms with Crippen molar-refractivity contribution >= 4 is 12.0 Å². The molecule has 1 aromatic rings. The molecule has 1 saturated heterocycles. The third kappa shape index (κ3) is 6.76. The van der Waals surface area contributed by atoms with Crippen molar-refractivity contribution in [1.29, 1.82) is 0 Å². The van der Waals surface area contributed by atoms with Gasteiger partial charge in [-0.1, -0.05) is 31.4 Å². The van der Waals surface area contributed by atoms with Gasteiger partial charge >= 0.3 is 24.5 Å². The molecule has 3 unspecified atom stereocenters. The average Bonchev–Trinajstić information content (AvgIpc) is 2.74. The summed E-state index contributed by atoms with van der Waals surface area (Å²) in [5.74, 6) is -6.07. The van der Waals surface area contributed by atoms with Gasteiger partial charge in [0.25, 0.3) is 11.4 Å². The Kier molecular flexibility index (Phi) is 8.67. The summed E-state index contributed by atoms with van der Waals surface area (Å²) in [7, 11) is 0. The second-order valence-corrected chi connectivity index (χ2v) is 8.08. The van der Waals surface area contributed by atoms with Crippen molar-refractivity contribution in [3.8, 4) is 5.75 Å². The molecule has 208 valence electrons. The fraction of sp³-hybridized carbons (Fsp3) is 0.500. The number of alkyl halides is 9. The van der Waals surface area contributed by atoms with E-state index in [9.17, 15) is 49.4 Å². The molecule has 6 nitrogen and oxygen atoms in total. The molecule has 1 N–H and O–H groups in total. The number of carbonyl (C=O) groups is 1. The van der Waals surface area contributed by atoms with Crippen LogP contribution in [0.4, 0.5) is 39.5 Å². The third-order valence-corrected chi connectivity index (χ3v) is 5.16. The Morgan fingerprint density at radius 2 is 1.65 bits per heavy atom. The van der Waals surface area contributed by atoms with Crippen molar-refractivity contribution in [3.63, 3.8) is 0 Å². The van der Waals surface area contributed by atoms with E-state index >= 15 is 0 Å². The maximum Gasteiger partial charge on any atom is 0.443 e. The molecule has 0 saturated carbocycles. The molecule has 0 aromatic heterocycles. The Bertz CT molecular complexity index is 970. The maximum atomic E-state index is 13.9. The van der Waals surface area contributed by atoms with Crippen LogP contribution >= 0.6 is 0 Å². The van der Waals surface area contributed by atoms with Gasteiger partial charge in [-0.2, -0.15) is 39.5 Å². The van der Waals surface area contributed by atoms with Gasteiger partial charge in [-0.05, 0) is 24.6 Å². The van der Waals surface area contributed by atoms with Crippen LogP contribution in [0.15, 0.2) is 43.0 Å². The lowest BCUT2D eigenvalue weighted by Gasteiger charge is -2.45. The van der Waals surface area contributed by atoms with Gasteiger partial charge in [0.15, 0.2) is 6.29 Å². The zero-order valence-electron chi connectivity index (χ0n) is 19.0. The standard InChI is InChI=1S/C22H21F9O6/c1-4-13-5-7-14(8-6-13)34-11-18(20(23,24)25,21(26,27)28)36-16-9-15(35-17(32)12(2)3)10-19(33,37-16)22(29,30)31/h4-8,15-16,33H,1-2,9-11H2,3H3. The van der Waals surface area contributed by atoms with E-state index in [-0.39, 0.29) is 5.57 Å². The van der Waals surface area contributed by atoms with E-state index in [0.717, 1.165) is 19.1 Å².